The van der Waals surface area contributed by atoms with Crippen LogP contribution in [0.5, 0.6) is 0 Å². The van der Waals surface area contributed by atoms with Crippen LogP contribution in [0.3, 0.4) is 0 Å². The van der Waals surface area contributed by atoms with Crippen LogP contribution in [-0.4, -0.2) is 72.3 Å². The molecule has 134 valence electrons. The van der Waals surface area contributed by atoms with Gasteiger partial charge in [0.2, 0.25) is 11.8 Å². The van der Waals surface area contributed by atoms with Crippen LogP contribution in [0.2, 0.25) is 0 Å². The molecule has 0 aromatic heterocycles. The number of carbonyl (C=O) groups is 2. The predicted octanol–water partition coefficient (Wildman–Crippen LogP) is 1.89. The Morgan fingerprint density at radius 2 is 1.96 bits per heavy atom. The zero-order valence-electron chi connectivity index (χ0n) is 15.2. The van der Waals surface area contributed by atoms with Crippen molar-refractivity contribution >= 4 is 11.8 Å². The topological polar surface area (TPSA) is 43.9 Å². The quantitative estimate of drug-likeness (QED) is 0.738. The van der Waals surface area contributed by atoms with E-state index >= 15 is 0 Å². The normalized spacial score (nSPS) is 28.4. The highest BCUT2D eigenvalue weighted by atomic mass is 16.2. The number of likely N-dealkylation sites (tertiary alicyclic amines) is 2. The second-order valence-corrected chi connectivity index (χ2v) is 7.89. The lowest BCUT2D eigenvalue weighted by Gasteiger charge is -2.39. The highest BCUT2D eigenvalue weighted by Gasteiger charge is 2.45. The van der Waals surface area contributed by atoms with Crippen molar-refractivity contribution in [1.82, 2.24) is 14.7 Å². The van der Waals surface area contributed by atoms with E-state index in [1.165, 1.54) is 0 Å². The lowest BCUT2D eigenvalue weighted by atomic mass is 9.87. The standard InChI is InChI=1S/C19H31N3O2/c1-20(2)14-15-22-17(23)8-10-19(22)9-5-12-21(13-11-19)18(24)16-6-3-4-7-16/h3-4,16H,5-15H2,1-2H3. The number of amides is 2. The molecule has 5 heteroatoms. The summed E-state index contributed by atoms with van der Waals surface area (Å²) in [6.07, 6.45) is 10.7. The number of allylic oxidation sites excluding steroid dienone is 2. The van der Waals surface area contributed by atoms with Crippen LogP contribution < -0.4 is 0 Å². The fourth-order valence-electron chi connectivity index (χ4n) is 4.53. The SMILES string of the molecule is CN(C)CCN1C(=O)CCC12CCCN(C(=O)C1CC=CC1)CC2. The van der Waals surface area contributed by atoms with Crippen molar-refractivity contribution < 1.29 is 9.59 Å². The first-order valence-electron chi connectivity index (χ1n) is 9.41. The van der Waals surface area contributed by atoms with Crippen LogP contribution in [0.4, 0.5) is 0 Å². The Kier molecular flexibility index (Phi) is 5.28. The Bertz CT molecular complexity index is 509. The van der Waals surface area contributed by atoms with Crippen LogP contribution in [0.15, 0.2) is 12.2 Å². The minimum absolute atomic E-state index is 0.00392. The number of carbonyl (C=O) groups excluding carboxylic acids is 2. The Morgan fingerprint density at radius 3 is 2.67 bits per heavy atom. The molecule has 2 saturated heterocycles. The van der Waals surface area contributed by atoms with Gasteiger partial charge in [0.15, 0.2) is 0 Å². The van der Waals surface area contributed by atoms with Gasteiger partial charge in [0.25, 0.3) is 0 Å². The van der Waals surface area contributed by atoms with Crippen LogP contribution >= 0.6 is 0 Å². The maximum absolute atomic E-state index is 12.7. The summed E-state index contributed by atoms with van der Waals surface area (Å²) in [5.41, 5.74) is -0.00392. The molecule has 1 aliphatic carbocycles. The van der Waals surface area contributed by atoms with Gasteiger partial charge in [-0.15, -0.1) is 0 Å². The lowest BCUT2D eigenvalue weighted by Crippen LogP contribution is -2.49. The maximum Gasteiger partial charge on any atom is 0.226 e. The third kappa shape index (κ3) is 3.51. The first-order valence-corrected chi connectivity index (χ1v) is 9.41. The van der Waals surface area contributed by atoms with Gasteiger partial charge in [-0.05, 0) is 52.6 Å². The van der Waals surface area contributed by atoms with Gasteiger partial charge >= 0.3 is 0 Å². The minimum atomic E-state index is -0.00392. The first-order chi connectivity index (χ1) is 11.5. The van der Waals surface area contributed by atoms with E-state index in [-0.39, 0.29) is 11.5 Å². The van der Waals surface area contributed by atoms with E-state index in [9.17, 15) is 9.59 Å². The summed E-state index contributed by atoms with van der Waals surface area (Å²) in [7, 11) is 4.10. The van der Waals surface area contributed by atoms with E-state index in [1.54, 1.807) is 0 Å². The van der Waals surface area contributed by atoms with Gasteiger partial charge in [-0.1, -0.05) is 12.2 Å². The summed E-state index contributed by atoms with van der Waals surface area (Å²) in [5, 5.41) is 0. The summed E-state index contributed by atoms with van der Waals surface area (Å²) in [6, 6.07) is 0. The predicted molar refractivity (Wildman–Crippen MR) is 94.5 cm³/mol. The highest BCUT2D eigenvalue weighted by molar-refractivity contribution is 5.81. The zero-order valence-corrected chi connectivity index (χ0v) is 15.2. The van der Waals surface area contributed by atoms with Gasteiger partial charge in [0.05, 0.1) is 0 Å². The fraction of sp³-hybridized carbons (Fsp3) is 0.789. The van der Waals surface area contributed by atoms with Gasteiger partial charge in [-0.2, -0.15) is 0 Å². The van der Waals surface area contributed by atoms with Crippen molar-refractivity contribution in [3.63, 3.8) is 0 Å². The summed E-state index contributed by atoms with van der Waals surface area (Å²) < 4.78 is 0. The average Bonchev–Trinajstić information content (AvgIpc) is 3.12. The van der Waals surface area contributed by atoms with E-state index in [2.05, 4.69) is 40.9 Å². The van der Waals surface area contributed by atoms with Gasteiger partial charge in [-0.3, -0.25) is 9.59 Å². The summed E-state index contributed by atoms with van der Waals surface area (Å²) in [4.78, 5) is 31.5. The smallest absolute Gasteiger partial charge is 0.226 e. The van der Waals surface area contributed by atoms with Crippen molar-refractivity contribution in [1.29, 1.82) is 0 Å². The number of likely N-dealkylation sites (N-methyl/N-ethyl adjacent to an activating group) is 1. The molecule has 0 saturated carbocycles. The number of hydrogen-bond donors (Lipinski definition) is 0. The van der Waals surface area contributed by atoms with E-state index < -0.39 is 0 Å². The van der Waals surface area contributed by atoms with Crippen LogP contribution in [-0.2, 0) is 9.59 Å². The summed E-state index contributed by atoms with van der Waals surface area (Å²) in [5.74, 6) is 0.784. The zero-order chi connectivity index (χ0) is 17.2. The largest absolute Gasteiger partial charge is 0.342 e. The van der Waals surface area contributed by atoms with Crippen LogP contribution in [0.1, 0.15) is 44.9 Å². The Labute approximate surface area is 145 Å². The molecule has 0 bridgehead atoms. The lowest BCUT2D eigenvalue weighted by molar-refractivity contribution is -0.135. The fourth-order valence-corrected chi connectivity index (χ4v) is 4.53. The molecule has 1 atom stereocenters. The van der Waals surface area contributed by atoms with Crippen LogP contribution in [0.25, 0.3) is 0 Å². The molecular formula is C19H31N3O2. The summed E-state index contributed by atoms with van der Waals surface area (Å²) in [6.45, 7) is 3.38. The second-order valence-electron chi connectivity index (χ2n) is 7.89. The van der Waals surface area contributed by atoms with Crippen molar-refractivity contribution in [3.05, 3.63) is 12.2 Å². The molecule has 1 spiro atoms. The van der Waals surface area contributed by atoms with Crippen molar-refractivity contribution in [2.45, 2.75) is 50.5 Å². The maximum atomic E-state index is 12.7. The molecule has 3 aliphatic rings. The summed E-state index contributed by atoms with van der Waals surface area (Å²) >= 11 is 0. The van der Waals surface area contributed by atoms with E-state index in [0.717, 1.165) is 64.7 Å². The molecular weight excluding hydrogens is 302 g/mol. The van der Waals surface area contributed by atoms with Crippen molar-refractivity contribution in [3.8, 4) is 0 Å². The molecule has 2 aliphatic heterocycles. The third-order valence-corrected chi connectivity index (χ3v) is 6.03. The molecule has 24 heavy (non-hydrogen) atoms. The molecule has 0 N–H and O–H groups in total. The Hall–Kier alpha value is -1.36. The molecule has 3 rings (SSSR count). The first kappa shape index (κ1) is 17.5. The third-order valence-electron chi connectivity index (χ3n) is 6.03. The monoisotopic (exact) mass is 333 g/mol. The molecule has 0 aromatic carbocycles. The molecule has 5 nitrogen and oxygen atoms in total. The molecule has 0 aromatic rings. The number of nitrogens with zero attached hydrogens (tertiary/aromatic N) is 3. The second kappa shape index (κ2) is 7.26. The molecule has 2 amide bonds. The van der Waals surface area contributed by atoms with Crippen molar-refractivity contribution in [2.24, 2.45) is 5.92 Å². The Morgan fingerprint density at radius 1 is 1.21 bits per heavy atom. The number of hydrogen-bond acceptors (Lipinski definition) is 3. The van der Waals surface area contributed by atoms with Gasteiger partial charge in [0, 0.05) is 44.1 Å². The molecule has 2 heterocycles. The van der Waals surface area contributed by atoms with E-state index in [4.69, 9.17) is 0 Å². The van der Waals surface area contributed by atoms with Gasteiger partial charge < -0.3 is 14.7 Å². The van der Waals surface area contributed by atoms with Crippen LogP contribution in [0, 0.1) is 5.92 Å². The molecule has 1 unspecified atom stereocenters. The van der Waals surface area contributed by atoms with E-state index in [1.807, 2.05) is 0 Å². The van der Waals surface area contributed by atoms with Crippen molar-refractivity contribution in [2.75, 3.05) is 40.3 Å². The molecule has 2 fully saturated rings. The highest BCUT2D eigenvalue weighted by Crippen LogP contribution is 2.39. The number of rotatable bonds is 4. The van der Waals surface area contributed by atoms with Gasteiger partial charge in [0.1, 0.15) is 0 Å². The van der Waals surface area contributed by atoms with Gasteiger partial charge in [-0.25, -0.2) is 0 Å². The average molecular weight is 333 g/mol. The Balaban J connectivity index is 1.64. The minimum Gasteiger partial charge on any atom is -0.342 e. The molecule has 0 radical (unpaired) electrons. The van der Waals surface area contributed by atoms with E-state index in [0.29, 0.717) is 18.2 Å².